The van der Waals surface area contributed by atoms with E-state index >= 15 is 0 Å². The van der Waals surface area contributed by atoms with Gasteiger partial charge in [0.15, 0.2) is 0 Å². The van der Waals surface area contributed by atoms with Crippen LogP contribution in [0.5, 0.6) is 0 Å². The number of carbonyl (C=O) groups excluding carboxylic acids is 1. The maximum atomic E-state index is 11.0. The van der Waals surface area contributed by atoms with Crippen LogP contribution in [0.1, 0.15) is 13.8 Å². The zero-order chi connectivity index (χ0) is 9.84. The van der Waals surface area contributed by atoms with Crippen molar-refractivity contribution in [3.05, 3.63) is 12.7 Å². The maximum Gasteiger partial charge on any atom is 0.219 e. The number of amides is 1. The summed E-state index contributed by atoms with van der Waals surface area (Å²) in [7, 11) is 0. The second-order valence-corrected chi connectivity index (χ2v) is 3.52. The Morgan fingerprint density at radius 3 is 2.31 bits per heavy atom. The summed E-state index contributed by atoms with van der Waals surface area (Å²) in [6.45, 7) is 11.2. The Morgan fingerprint density at radius 2 is 1.92 bits per heavy atom. The molecule has 0 aromatic rings. The minimum atomic E-state index is 0.186. The van der Waals surface area contributed by atoms with Crippen LogP contribution in [0.25, 0.3) is 0 Å². The zero-order valence-electron chi connectivity index (χ0n) is 8.49. The van der Waals surface area contributed by atoms with E-state index in [-0.39, 0.29) is 5.91 Å². The van der Waals surface area contributed by atoms with E-state index in [9.17, 15) is 4.79 Å². The van der Waals surface area contributed by atoms with Gasteiger partial charge in [0.25, 0.3) is 0 Å². The monoisotopic (exact) mass is 182 g/mol. The Morgan fingerprint density at radius 1 is 1.38 bits per heavy atom. The first-order chi connectivity index (χ1) is 6.15. The van der Waals surface area contributed by atoms with Crippen molar-refractivity contribution in [2.24, 2.45) is 0 Å². The number of hydrogen-bond acceptors (Lipinski definition) is 2. The minimum Gasteiger partial charge on any atom is -0.340 e. The zero-order valence-corrected chi connectivity index (χ0v) is 8.49. The normalized spacial score (nSPS) is 21.2. The third-order valence-electron chi connectivity index (χ3n) is 2.68. The molecule has 1 amide bonds. The molecule has 0 spiro atoms. The van der Waals surface area contributed by atoms with Crippen molar-refractivity contribution in [2.45, 2.75) is 19.9 Å². The summed E-state index contributed by atoms with van der Waals surface area (Å²) in [5.41, 5.74) is 0. The fourth-order valence-electron chi connectivity index (χ4n) is 1.59. The molecule has 1 aliphatic heterocycles. The van der Waals surface area contributed by atoms with Gasteiger partial charge in [0.1, 0.15) is 0 Å². The van der Waals surface area contributed by atoms with E-state index < -0.39 is 0 Å². The van der Waals surface area contributed by atoms with Gasteiger partial charge in [-0.05, 0) is 6.92 Å². The third kappa shape index (κ3) is 2.56. The summed E-state index contributed by atoms with van der Waals surface area (Å²) in [5, 5.41) is 0. The highest BCUT2D eigenvalue weighted by Crippen LogP contribution is 2.06. The van der Waals surface area contributed by atoms with Crippen LogP contribution >= 0.6 is 0 Å². The lowest BCUT2D eigenvalue weighted by atomic mass is 10.2. The smallest absolute Gasteiger partial charge is 0.219 e. The first kappa shape index (κ1) is 10.3. The maximum absolute atomic E-state index is 11.0. The van der Waals surface area contributed by atoms with Crippen LogP contribution in [-0.4, -0.2) is 47.9 Å². The second kappa shape index (κ2) is 4.42. The fraction of sp³-hybridized carbons (Fsp3) is 0.700. The van der Waals surface area contributed by atoms with Gasteiger partial charge in [-0.3, -0.25) is 9.69 Å². The molecule has 1 saturated heterocycles. The molecule has 13 heavy (non-hydrogen) atoms. The van der Waals surface area contributed by atoms with Gasteiger partial charge in [0, 0.05) is 39.1 Å². The molecule has 3 heteroatoms. The molecule has 0 N–H and O–H groups in total. The predicted octanol–water partition coefficient (Wildman–Crippen LogP) is 0.725. The second-order valence-electron chi connectivity index (χ2n) is 3.52. The van der Waals surface area contributed by atoms with E-state index in [4.69, 9.17) is 0 Å². The van der Waals surface area contributed by atoms with Crippen LogP contribution < -0.4 is 0 Å². The van der Waals surface area contributed by atoms with Crippen LogP contribution in [-0.2, 0) is 4.79 Å². The average Bonchev–Trinajstić information content (AvgIpc) is 2.17. The van der Waals surface area contributed by atoms with Gasteiger partial charge in [0.2, 0.25) is 5.91 Å². The van der Waals surface area contributed by atoms with E-state index in [1.807, 2.05) is 11.0 Å². The lowest BCUT2D eigenvalue weighted by Crippen LogP contribution is -2.50. The molecule has 0 saturated carbocycles. The SMILES string of the molecule is C=CC(C)N1CCN(C(C)=O)CC1. The number of rotatable bonds is 2. The van der Waals surface area contributed by atoms with E-state index in [0.717, 1.165) is 26.2 Å². The minimum absolute atomic E-state index is 0.186. The Labute approximate surface area is 80.0 Å². The number of carbonyl (C=O) groups is 1. The number of piperazine rings is 1. The number of nitrogens with zero attached hydrogens (tertiary/aromatic N) is 2. The molecule has 1 rings (SSSR count). The van der Waals surface area contributed by atoms with Gasteiger partial charge in [-0.2, -0.15) is 0 Å². The van der Waals surface area contributed by atoms with Gasteiger partial charge in [-0.25, -0.2) is 0 Å². The quantitative estimate of drug-likeness (QED) is 0.588. The highest BCUT2D eigenvalue weighted by molar-refractivity contribution is 5.73. The molecule has 0 bridgehead atoms. The molecule has 3 nitrogen and oxygen atoms in total. The molecule has 1 atom stereocenters. The fourth-order valence-corrected chi connectivity index (χ4v) is 1.59. The molecule has 0 aromatic heterocycles. The highest BCUT2D eigenvalue weighted by Gasteiger charge is 2.20. The lowest BCUT2D eigenvalue weighted by Gasteiger charge is -2.36. The summed E-state index contributed by atoms with van der Waals surface area (Å²) in [5.74, 6) is 0.186. The Hall–Kier alpha value is -0.830. The van der Waals surface area contributed by atoms with Crippen molar-refractivity contribution in [3.63, 3.8) is 0 Å². The van der Waals surface area contributed by atoms with Gasteiger partial charge < -0.3 is 4.90 Å². The molecular weight excluding hydrogens is 164 g/mol. The molecule has 0 aliphatic carbocycles. The van der Waals surface area contributed by atoms with E-state index in [2.05, 4.69) is 18.4 Å². The summed E-state index contributed by atoms with van der Waals surface area (Å²) in [4.78, 5) is 15.3. The topological polar surface area (TPSA) is 23.6 Å². The first-order valence-electron chi connectivity index (χ1n) is 4.77. The summed E-state index contributed by atoms with van der Waals surface area (Å²) in [6, 6.07) is 0.425. The van der Waals surface area contributed by atoms with Gasteiger partial charge in [-0.15, -0.1) is 6.58 Å². The summed E-state index contributed by atoms with van der Waals surface area (Å²) < 4.78 is 0. The third-order valence-corrected chi connectivity index (χ3v) is 2.68. The van der Waals surface area contributed by atoms with Crippen LogP contribution in [0.3, 0.4) is 0 Å². The van der Waals surface area contributed by atoms with Crippen LogP contribution in [0.4, 0.5) is 0 Å². The van der Waals surface area contributed by atoms with Crippen LogP contribution in [0.15, 0.2) is 12.7 Å². The van der Waals surface area contributed by atoms with E-state index in [1.54, 1.807) is 6.92 Å². The largest absolute Gasteiger partial charge is 0.340 e. The molecule has 1 aliphatic rings. The standard InChI is InChI=1S/C10H18N2O/c1-4-9(2)11-5-7-12(8-6-11)10(3)13/h4,9H,1,5-8H2,2-3H3. The van der Waals surface area contributed by atoms with E-state index in [1.165, 1.54) is 0 Å². The van der Waals surface area contributed by atoms with Crippen LogP contribution in [0, 0.1) is 0 Å². The van der Waals surface area contributed by atoms with Crippen molar-refractivity contribution >= 4 is 5.91 Å². The summed E-state index contributed by atoms with van der Waals surface area (Å²) >= 11 is 0. The molecule has 0 aromatic carbocycles. The molecule has 1 unspecified atom stereocenters. The van der Waals surface area contributed by atoms with Gasteiger partial charge in [0.05, 0.1) is 0 Å². The highest BCUT2D eigenvalue weighted by atomic mass is 16.2. The van der Waals surface area contributed by atoms with Crippen molar-refractivity contribution in [3.8, 4) is 0 Å². The van der Waals surface area contributed by atoms with Crippen molar-refractivity contribution in [1.82, 2.24) is 9.80 Å². The van der Waals surface area contributed by atoms with Crippen molar-refractivity contribution < 1.29 is 4.79 Å². The lowest BCUT2D eigenvalue weighted by molar-refractivity contribution is -0.130. The van der Waals surface area contributed by atoms with Crippen molar-refractivity contribution in [2.75, 3.05) is 26.2 Å². The Balaban J connectivity index is 2.38. The van der Waals surface area contributed by atoms with Crippen molar-refractivity contribution in [1.29, 1.82) is 0 Å². The molecular formula is C10H18N2O. The van der Waals surface area contributed by atoms with Crippen LogP contribution in [0.2, 0.25) is 0 Å². The molecule has 74 valence electrons. The predicted molar refractivity (Wildman–Crippen MR) is 53.5 cm³/mol. The average molecular weight is 182 g/mol. The van der Waals surface area contributed by atoms with Gasteiger partial charge >= 0.3 is 0 Å². The summed E-state index contributed by atoms with van der Waals surface area (Å²) in [6.07, 6.45) is 1.95. The van der Waals surface area contributed by atoms with E-state index in [0.29, 0.717) is 6.04 Å². The molecule has 0 radical (unpaired) electrons. The Kier molecular flexibility index (Phi) is 3.48. The first-order valence-corrected chi connectivity index (χ1v) is 4.77. The Bertz CT molecular complexity index is 195. The molecule has 1 heterocycles. The van der Waals surface area contributed by atoms with Gasteiger partial charge in [-0.1, -0.05) is 6.08 Å². The molecule has 1 fully saturated rings. The number of hydrogen-bond donors (Lipinski definition) is 0.